The molecule has 0 saturated heterocycles. The molecule has 0 unspecified atom stereocenters. The Morgan fingerprint density at radius 1 is 1.12 bits per heavy atom. The Morgan fingerprint density at radius 2 is 1.96 bits per heavy atom. The van der Waals surface area contributed by atoms with Crippen LogP contribution in [0.4, 0.5) is 11.5 Å². The molecule has 2 N–H and O–H groups in total. The number of hydrogen-bond acceptors (Lipinski definition) is 5. The zero-order chi connectivity index (χ0) is 17.9. The fraction of sp³-hybridized carbons (Fsp3) is 0.167. The Bertz CT molecular complexity index is 950. The Morgan fingerprint density at radius 3 is 2.64 bits per heavy atom. The van der Waals surface area contributed by atoms with E-state index in [0.29, 0.717) is 23.6 Å². The maximum Gasteiger partial charge on any atom is 0.262 e. The van der Waals surface area contributed by atoms with Crippen LogP contribution in [-0.4, -0.2) is 13.4 Å². The van der Waals surface area contributed by atoms with Crippen LogP contribution in [0.1, 0.15) is 16.9 Å². The lowest BCUT2D eigenvalue weighted by atomic mass is 10.2. The highest BCUT2D eigenvalue weighted by molar-refractivity contribution is 7.92. The van der Waals surface area contributed by atoms with Crippen LogP contribution in [0.5, 0.6) is 0 Å². The van der Waals surface area contributed by atoms with Crippen molar-refractivity contribution in [1.29, 1.82) is 0 Å². The first-order valence-electron chi connectivity index (χ1n) is 7.76. The van der Waals surface area contributed by atoms with Gasteiger partial charge < -0.3 is 9.73 Å². The van der Waals surface area contributed by atoms with Crippen molar-refractivity contribution in [3.8, 4) is 0 Å². The summed E-state index contributed by atoms with van der Waals surface area (Å²) in [6, 6.07) is 12.4. The second-order valence-corrected chi connectivity index (χ2v) is 7.39. The van der Waals surface area contributed by atoms with Crippen LogP contribution in [0, 0.1) is 13.8 Å². The minimum absolute atomic E-state index is 0.271. The number of aromatic nitrogens is 1. The van der Waals surface area contributed by atoms with Crippen LogP contribution < -0.4 is 10.0 Å². The molecule has 2 aromatic heterocycles. The molecule has 0 amide bonds. The van der Waals surface area contributed by atoms with Gasteiger partial charge in [0, 0.05) is 0 Å². The molecule has 0 spiro atoms. The van der Waals surface area contributed by atoms with E-state index in [1.54, 1.807) is 37.5 Å². The maximum absolute atomic E-state index is 12.6. The molecule has 0 saturated carbocycles. The van der Waals surface area contributed by atoms with Gasteiger partial charge in [0.1, 0.15) is 11.6 Å². The molecule has 6 nitrogen and oxygen atoms in total. The number of aryl methyl sites for hydroxylation is 2. The molecule has 0 aliphatic heterocycles. The molecule has 0 atom stereocenters. The van der Waals surface area contributed by atoms with Gasteiger partial charge in [0.15, 0.2) is 0 Å². The third-order valence-electron chi connectivity index (χ3n) is 3.67. The van der Waals surface area contributed by atoms with E-state index in [9.17, 15) is 8.42 Å². The average Bonchev–Trinajstić information content (AvgIpc) is 3.09. The van der Waals surface area contributed by atoms with Gasteiger partial charge in [-0.15, -0.1) is 0 Å². The van der Waals surface area contributed by atoms with Crippen LogP contribution >= 0.6 is 0 Å². The van der Waals surface area contributed by atoms with Gasteiger partial charge in [-0.25, -0.2) is 13.4 Å². The van der Waals surface area contributed by atoms with Crippen LogP contribution in [0.3, 0.4) is 0 Å². The second kappa shape index (κ2) is 6.98. The number of nitrogens with zero attached hydrogens (tertiary/aromatic N) is 1. The van der Waals surface area contributed by atoms with E-state index in [1.807, 2.05) is 25.1 Å². The molecule has 2 heterocycles. The fourth-order valence-electron chi connectivity index (χ4n) is 2.36. The van der Waals surface area contributed by atoms with E-state index in [1.165, 1.54) is 6.20 Å². The number of rotatable bonds is 6. The first kappa shape index (κ1) is 17.0. The number of sulfonamides is 1. The molecule has 0 radical (unpaired) electrons. The quantitative estimate of drug-likeness (QED) is 0.703. The van der Waals surface area contributed by atoms with Crippen molar-refractivity contribution < 1.29 is 12.8 Å². The summed E-state index contributed by atoms with van der Waals surface area (Å²) < 4.78 is 32.9. The van der Waals surface area contributed by atoms with E-state index in [0.717, 1.165) is 11.3 Å². The van der Waals surface area contributed by atoms with Gasteiger partial charge >= 0.3 is 0 Å². The Hall–Kier alpha value is -2.80. The molecule has 0 aliphatic carbocycles. The average molecular weight is 357 g/mol. The van der Waals surface area contributed by atoms with Gasteiger partial charge in [-0.05, 0) is 55.3 Å². The van der Waals surface area contributed by atoms with E-state index >= 15 is 0 Å². The molecule has 0 fully saturated rings. The normalized spacial score (nSPS) is 11.3. The smallest absolute Gasteiger partial charge is 0.262 e. The summed E-state index contributed by atoms with van der Waals surface area (Å²) in [5.74, 6) is 1.42. The molecule has 1 aromatic carbocycles. The Balaban J connectivity index is 1.71. The standard InChI is InChI=1S/C18H19N3O3S/c1-13-5-6-14(2)17(10-13)25(22,23)21-15-7-8-18(19-11-15)20-12-16-4-3-9-24-16/h3-11,21H,12H2,1-2H3,(H,19,20). The van der Waals surface area contributed by atoms with Crippen LogP contribution in [0.15, 0.2) is 64.2 Å². The highest BCUT2D eigenvalue weighted by atomic mass is 32.2. The molecule has 0 bridgehead atoms. The van der Waals surface area contributed by atoms with Crippen LogP contribution in [0.2, 0.25) is 0 Å². The molecule has 7 heteroatoms. The number of pyridine rings is 1. The fourth-order valence-corrected chi connectivity index (χ4v) is 3.73. The monoisotopic (exact) mass is 357 g/mol. The zero-order valence-electron chi connectivity index (χ0n) is 14.0. The van der Waals surface area contributed by atoms with Crippen molar-refractivity contribution in [1.82, 2.24) is 4.98 Å². The molecule has 130 valence electrons. The van der Waals surface area contributed by atoms with Crippen molar-refractivity contribution in [2.24, 2.45) is 0 Å². The van der Waals surface area contributed by atoms with Gasteiger partial charge in [-0.1, -0.05) is 12.1 Å². The lowest BCUT2D eigenvalue weighted by Crippen LogP contribution is -2.14. The summed E-state index contributed by atoms with van der Waals surface area (Å²) in [6.45, 7) is 4.14. The number of anilines is 2. The summed E-state index contributed by atoms with van der Waals surface area (Å²) in [6.07, 6.45) is 3.09. The lowest BCUT2D eigenvalue weighted by molar-refractivity contribution is 0.518. The van der Waals surface area contributed by atoms with Gasteiger partial charge in [-0.2, -0.15) is 0 Å². The summed E-state index contributed by atoms with van der Waals surface area (Å²) in [7, 11) is -3.65. The third-order valence-corrected chi connectivity index (χ3v) is 5.20. The highest BCUT2D eigenvalue weighted by Crippen LogP contribution is 2.21. The molecular formula is C18H19N3O3S. The summed E-state index contributed by atoms with van der Waals surface area (Å²) in [5, 5.41) is 3.10. The Kier molecular flexibility index (Phi) is 4.76. The van der Waals surface area contributed by atoms with E-state index in [-0.39, 0.29) is 4.90 Å². The maximum atomic E-state index is 12.6. The minimum atomic E-state index is -3.65. The predicted molar refractivity (Wildman–Crippen MR) is 97.0 cm³/mol. The van der Waals surface area contributed by atoms with Crippen molar-refractivity contribution in [3.63, 3.8) is 0 Å². The van der Waals surface area contributed by atoms with E-state index < -0.39 is 10.0 Å². The molecule has 0 aliphatic rings. The number of furan rings is 1. The summed E-state index contributed by atoms with van der Waals surface area (Å²) in [4.78, 5) is 4.49. The van der Waals surface area contributed by atoms with E-state index in [2.05, 4.69) is 15.0 Å². The highest BCUT2D eigenvalue weighted by Gasteiger charge is 2.17. The van der Waals surface area contributed by atoms with Crippen molar-refractivity contribution in [2.45, 2.75) is 25.3 Å². The second-order valence-electron chi connectivity index (χ2n) is 5.74. The molecule has 25 heavy (non-hydrogen) atoms. The predicted octanol–water partition coefficient (Wildman–Crippen LogP) is 3.70. The van der Waals surface area contributed by atoms with Gasteiger partial charge in [0.05, 0.1) is 29.6 Å². The van der Waals surface area contributed by atoms with Crippen molar-refractivity contribution in [3.05, 3.63) is 71.8 Å². The molecule has 3 aromatic rings. The van der Waals surface area contributed by atoms with Crippen molar-refractivity contribution in [2.75, 3.05) is 10.0 Å². The van der Waals surface area contributed by atoms with Crippen LogP contribution in [-0.2, 0) is 16.6 Å². The zero-order valence-corrected chi connectivity index (χ0v) is 14.8. The molecule has 3 rings (SSSR count). The topological polar surface area (TPSA) is 84.2 Å². The van der Waals surface area contributed by atoms with Gasteiger partial charge in [-0.3, -0.25) is 4.72 Å². The van der Waals surface area contributed by atoms with Gasteiger partial charge in [0.2, 0.25) is 0 Å². The summed E-state index contributed by atoms with van der Waals surface area (Å²) >= 11 is 0. The number of hydrogen-bond donors (Lipinski definition) is 2. The van der Waals surface area contributed by atoms with Crippen LogP contribution in [0.25, 0.3) is 0 Å². The minimum Gasteiger partial charge on any atom is -0.467 e. The third kappa shape index (κ3) is 4.19. The van der Waals surface area contributed by atoms with Crippen molar-refractivity contribution >= 4 is 21.5 Å². The number of nitrogens with one attached hydrogen (secondary N) is 2. The first-order valence-corrected chi connectivity index (χ1v) is 9.25. The van der Waals surface area contributed by atoms with E-state index in [4.69, 9.17) is 4.42 Å². The lowest BCUT2D eigenvalue weighted by Gasteiger charge is -2.11. The molecular weight excluding hydrogens is 338 g/mol. The van der Waals surface area contributed by atoms with Gasteiger partial charge in [0.25, 0.3) is 10.0 Å². The first-order chi connectivity index (χ1) is 11.9. The summed E-state index contributed by atoms with van der Waals surface area (Å²) in [5.41, 5.74) is 1.99. The largest absolute Gasteiger partial charge is 0.467 e. The number of benzene rings is 1. The SMILES string of the molecule is Cc1ccc(C)c(S(=O)(=O)Nc2ccc(NCc3ccco3)nc2)c1. The Labute approximate surface area is 147 Å².